The molecule has 2 unspecified atom stereocenters. The van der Waals surface area contributed by atoms with Gasteiger partial charge in [0, 0.05) is 18.5 Å². The quantitative estimate of drug-likeness (QED) is 0.642. The Balaban J connectivity index is 3.75. The minimum Gasteiger partial charge on any atom is -0.353 e. The maximum Gasteiger partial charge on any atom is 0.224 e. The van der Waals surface area contributed by atoms with Crippen molar-refractivity contribution >= 4 is 5.91 Å². The summed E-state index contributed by atoms with van der Waals surface area (Å²) < 4.78 is 0. The van der Waals surface area contributed by atoms with Gasteiger partial charge in [-0.1, -0.05) is 6.92 Å². The smallest absolute Gasteiger partial charge is 0.224 e. The van der Waals surface area contributed by atoms with Crippen LogP contribution in [-0.2, 0) is 4.79 Å². The second-order valence-corrected chi connectivity index (χ2v) is 4.46. The van der Waals surface area contributed by atoms with Crippen molar-refractivity contribution in [2.24, 2.45) is 5.92 Å². The van der Waals surface area contributed by atoms with Crippen LogP contribution in [0.4, 0.5) is 0 Å². The molecule has 0 aromatic rings. The Hall–Kier alpha value is -0.610. The molecular weight excluding hydrogens is 190 g/mol. The Bertz CT molecular complexity index is 183. The SMILES string of the molecule is CNCC(C)C(=O)NC(C)CCN(C)C. The lowest BCUT2D eigenvalue weighted by Crippen LogP contribution is -2.40. The van der Waals surface area contributed by atoms with Crippen LogP contribution in [0.15, 0.2) is 0 Å². The third-order valence-electron chi connectivity index (χ3n) is 2.36. The maximum atomic E-state index is 11.6. The van der Waals surface area contributed by atoms with E-state index < -0.39 is 0 Å². The van der Waals surface area contributed by atoms with Gasteiger partial charge in [-0.3, -0.25) is 4.79 Å². The molecule has 0 aromatic heterocycles. The van der Waals surface area contributed by atoms with E-state index in [-0.39, 0.29) is 17.9 Å². The summed E-state index contributed by atoms with van der Waals surface area (Å²) in [5.74, 6) is 0.174. The molecule has 0 aliphatic carbocycles. The minimum atomic E-state index is 0.0387. The topological polar surface area (TPSA) is 44.4 Å². The molecule has 0 bridgehead atoms. The van der Waals surface area contributed by atoms with Crippen molar-refractivity contribution in [1.82, 2.24) is 15.5 Å². The van der Waals surface area contributed by atoms with E-state index in [9.17, 15) is 4.79 Å². The van der Waals surface area contributed by atoms with Crippen molar-refractivity contribution in [3.63, 3.8) is 0 Å². The van der Waals surface area contributed by atoms with Crippen LogP contribution in [0.5, 0.6) is 0 Å². The number of carbonyl (C=O) groups excluding carboxylic acids is 1. The average molecular weight is 215 g/mol. The summed E-state index contributed by atoms with van der Waals surface area (Å²) in [7, 11) is 5.94. The van der Waals surface area contributed by atoms with Crippen LogP contribution in [0, 0.1) is 5.92 Å². The van der Waals surface area contributed by atoms with Crippen LogP contribution in [-0.4, -0.2) is 51.1 Å². The molecule has 4 heteroatoms. The number of nitrogens with zero attached hydrogens (tertiary/aromatic N) is 1. The molecule has 0 saturated heterocycles. The van der Waals surface area contributed by atoms with E-state index in [0.717, 1.165) is 19.5 Å². The maximum absolute atomic E-state index is 11.6. The molecule has 0 spiro atoms. The summed E-state index contributed by atoms with van der Waals surface area (Å²) in [5.41, 5.74) is 0. The van der Waals surface area contributed by atoms with Gasteiger partial charge in [0.2, 0.25) is 5.91 Å². The lowest BCUT2D eigenvalue weighted by Gasteiger charge is -2.19. The molecule has 0 aromatic carbocycles. The fourth-order valence-electron chi connectivity index (χ4n) is 1.31. The second-order valence-electron chi connectivity index (χ2n) is 4.46. The summed E-state index contributed by atoms with van der Waals surface area (Å²) >= 11 is 0. The lowest BCUT2D eigenvalue weighted by atomic mass is 10.1. The molecule has 15 heavy (non-hydrogen) atoms. The number of hydrogen-bond acceptors (Lipinski definition) is 3. The lowest BCUT2D eigenvalue weighted by molar-refractivity contribution is -0.125. The monoisotopic (exact) mass is 215 g/mol. The van der Waals surface area contributed by atoms with Crippen LogP contribution in [0.1, 0.15) is 20.3 Å². The Morgan fingerprint density at radius 1 is 1.33 bits per heavy atom. The first kappa shape index (κ1) is 14.4. The number of carbonyl (C=O) groups is 1. The molecular formula is C11H25N3O. The van der Waals surface area contributed by atoms with Crippen molar-refractivity contribution in [2.75, 3.05) is 34.2 Å². The van der Waals surface area contributed by atoms with Gasteiger partial charge in [0.15, 0.2) is 0 Å². The van der Waals surface area contributed by atoms with Crippen LogP contribution in [0.25, 0.3) is 0 Å². The van der Waals surface area contributed by atoms with Gasteiger partial charge in [-0.25, -0.2) is 0 Å². The predicted molar refractivity (Wildman–Crippen MR) is 63.9 cm³/mol. The molecule has 90 valence electrons. The van der Waals surface area contributed by atoms with E-state index >= 15 is 0 Å². The Morgan fingerprint density at radius 2 is 1.93 bits per heavy atom. The fraction of sp³-hybridized carbons (Fsp3) is 0.909. The minimum absolute atomic E-state index is 0.0387. The van der Waals surface area contributed by atoms with Crippen molar-refractivity contribution in [3.05, 3.63) is 0 Å². The van der Waals surface area contributed by atoms with E-state index in [1.54, 1.807) is 0 Å². The second kappa shape index (κ2) is 7.65. The zero-order valence-electron chi connectivity index (χ0n) is 10.6. The van der Waals surface area contributed by atoms with Gasteiger partial charge in [-0.05, 0) is 41.0 Å². The third kappa shape index (κ3) is 7.33. The molecule has 0 aliphatic rings. The highest BCUT2D eigenvalue weighted by Gasteiger charge is 2.13. The summed E-state index contributed by atoms with van der Waals surface area (Å²) in [4.78, 5) is 13.7. The van der Waals surface area contributed by atoms with Gasteiger partial charge in [-0.2, -0.15) is 0 Å². The zero-order chi connectivity index (χ0) is 11.8. The molecule has 0 aliphatic heterocycles. The number of nitrogens with one attached hydrogen (secondary N) is 2. The number of amides is 1. The molecule has 4 nitrogen and oxygen atoms in total. The molecule has 2 atom stereocenters. The van der Waals surface area contributed by atoms with Crippen molar-refractivity contribution in [2.45, 2.75) is 26.3 Å². The fourth-order valence-corrected chi connectivity index (χ4v) is 1.31. The molecule has 0 rings (SSSR count). The highest BCUT2D eigenvalue weighted by atomic mass is 16.1. The molecule has 0 fully saturated rings. The zero-order valence-corrected chi connectivity index (χ0v) is 10.6. The molecule has 1 amide bonds. The first-order chi connectivity index (χ1) is 6.97. The van der Waals surface area contributed by atoms with Crippen molar-refractivity contribution in [3.8, 4) is 0 Å². The Labute approximate surface area is 93.4 Å². The summed E-state index contributed by atoms with van der Waals surface area (Å²) in [6, 6.07) is 0.249. The van der Waals surface area contributed by atoms with Gasteiger partial charge >= 0.3 is 0 Å². The predicted octanol–water partition coefficient (Wildman–Crippen LogP) is 0.298. The van der Waals surface area contributed by atoms with Crippen LogP contribution in [0.2, 0.25) is 0 Å². The third-order valence-corrected chi connectivity index (χ3v) is 2.36. The standard InChI is InChI=1S/C11H25N3O/c1-9(8-12-3)11(15)13-10(2)6-7-14(4)5/h9-10,12H,6-8H2,1-5H3,(H,13,15). The number of hydrogen-bond donors (Lipinski definition) is 2. The van der Waals surface area contributed by atoms with E-state index in [4.69, 9.17) is 0 Å². The molecule has 0 heterocycles. The van der Waals surface area contributed by atoms with Crippen LogP contribution < -0.4 is 10.6 Å². The Kier molecular flexibility index (Phi) is 7.34. The van der Waals surface area contributed by atoms with Crippen LogP contribution >= 0.6 is 0 Å². The largest absolute Gasteiger partial charge is 0.353 e. The van der Waals surface area contributed by atoms with Crippen LogP contribution in [0.3, 0.4) is 0 Å². The average Bonchev–Trinajstić information content (AvgIpc) is 2.15. The van der Waals surface area contributed by atoms with E-state index in [0.29, 0.717) is 0 Å². The first-order valence-electron chi connectivity index (χ1n) is 5.57. The summed E-state index contributed by atoms with van der Waals surface area (Å²) in [6.45, 7) is 5.71. The highest BCUT2D eigenvalue weighted by molar-refractivity contribution is 5.78. The van der Waals surface area contributed by atoms with Gasteiger partial charge in [-0.15, -0.1) is 0 Å². The summed E-state index contributed by atoms with van der Waals surface area (Å²) in [5, 5.41) is 6.02. The molecule has 2 N–H and O–H groups in total. The van der Waals surface area contributed by atoms with E-state index in [2.05, 4.69) is 15.5 Å². The number of rotatable bonds is 7. The van der Waals surface area contributed by atoms with Gasteiger partial charge in [0.1, 0.15) is 0 Å². The van der Waals surface area contributed by atoms with E-state index in [1.165, 1.54) is 0 Å². The first-order valence-corrected chi connectivity index (χ1v) is 5.57. The molecule has 0 radical (unpaired) electrons. The van der Waals surface area contributed by atoms with Gasteiger partial charge < -0.3 is 15.5 Å². The summed E-state index contributed by atoms with van der Waals surface area (Å²) in [6.07, 6.45) is 0.991. The van der Waals surface area contributed by atoms with Crippen molar-refractivity contribution in [1.29, 1.82) is 0 Å². The molecule has 0 saturated carbocycles. The van der Waals surface area contributed by atoms with Gasteiger partial charge in [0.05, 0.1) is 0 Å². The Morgan fingerprint density at radius 3 is 2.40 bits per heavy atom. The highest BCUT2D eigenvalue weighted by Crippen LogP contribution is 1.97. The van der Waals surface area contributed by atoms with E-state index in [1.807, 2.05) is 35.0 Å². The normalized spacial score (nSPS) is 15.1. The van der Waals surface area contributed by atoms with Gasteiger partial charge in [0.25, 0.3) is 0 Å². The van der Waals surface area contributed by atoms with Crippen molar-refractivity contribution < 1.29 is 4.79 Å².